The van der Waals surface area contributed by atoms with Crippen molar-refractivity contribution in [2.75, 3.05) is 7.11 Å². The van der Waals surface area contributed by atoms with E-state index < -0.39 is 5.97 Å². The van der Waals surface area contributed by atoms with Gasteiger partial charge in [-0.3, -0.25) is 0 Å². The van der Waals surface area contributed by atoms with Crippen LogP contribution in [0.2, 0.25) is 5.02 Å². The van der Waals surface area contributed by atoms with Crippen molar-refractivity contribution in [3.8, 4) is 5.75 Å². The van der Waals surface area contributed by atoms with Gasteiger partial charge in [0.2, 0.25) is 0 Å². The van der Waals surface area contributed by atoms with Gasteiger partial charge in [0.15, 0.2) is 0 Å². The fourth-order valence-electron chi connectivity index (χ4n) is 1.91. The molecule has 3 nitrogen and oxygen atoms in total. The third-order valence-corrected chi connectivity index (χ3v) is 3.26. The average molecular weight is 243 g/mol. The number of hydrogen-bond donors (Lipinski definition) is 1. The first kappa shape index (κ1) is 12.8. The topological polar surface area (TPSA) is 46.5 Å². The maximum absolute atomic E-state index is 11.5. The van der Waals surface area contributed by atoms with Crippen molar-refractivity contribution in [1.29, 1.82) is 0 Å². The minimum Gasteiger partial charge on any atom is -0.505 e. The lowest BCUT2D eigenvalue weighted by Crippen LogP contribution is -2.08. The lowest BCUT2D eigenvalue weighted by Gasteiger charge is -2.15. The average Bonchev–Trinajstić information content (AvgIpc) is 2.27. The Kier molecular flexibility index (Phi) is 3.81. The third kappa shape index (κ3) is 1.87. The second-order valence-corrected chi connectivity index (χ2v) is 3.99. The predicted octanol–water partition coefficient (Wildman–Crippen LogP) is 3.01. The fourth-order valence-corrected chi connectivity index (χ4v) is 2.12. The Labute approximate surface area is 100.0 Å². The molecule has 1 aromatic carbocycles. The lowest BCUT2D eigenvalue weighted by atomic mass is 9.95. The highest BCUT2D eigenvalue weighted by Crippen LogP contribution is 2.36. The van der Waals surface area contributed by atoms with Crippen LogP contribution in [0.5, 0.6) is 5.75 Å². The molecule has 0 aliphatic rings. The largest absolute Gasteiger partial charge is 0.505 e. The standard InChI is InChI=1S/C12H15ClO3/c1-5-8-6(2)9(12(15)16-4)11(14)10(13)7(8)3/h14H,5H2,1-4H3. The highest BCUT2D eigenvalue weighted by molar-refractivity contribution is 6.33. The van der Waals surface area contributed by atoms with Crippen LogP contribution in [-0.4, -0.2) is 18.2 Å². The molecule has 0 aromatic heterocycles. The van der Waals surface area contributed by atoms with E-state index in [1.807, 2.05) is 13.8 Å². The van der Waals surface area contributed by atoms with Crippen molar-refractivity contribution in [2.24, 2.45) is 0 Å². The summed E-state index contributed by atoms with van der Waals surface area (Å²) in [5.74, 6) is -0.757. The first-order valence-corrected chi connectivity index (χ1v) is 5.42. The number of phenolic OH excluding ortho intramolecular Hbond substituents is 1. The molecule has 1 aromatic rings. The second kappa shape index (κ2) is 4.74. The van der Waals surface area contributed by atoms with E-state index in [1.54, 1.807) is 6.92 Å². The summed E-state index contributed by atoms with van der Waals surface area (Å²) in [7, 11) is 1.28. The first-order chi connectivity index (χ1) is 7.45. The molecule has 0 saturated carbocycles. The van der Waals surface area contributed by atoms with Crippen molar-refractivity contribution >= 4 is 17.6 Å². The Bertz CT molecular complexity index is 439. The van der Waals surface area contributed by atoms with Crippen LogP contribution in [0.3, 0.4) is 0 Å². The number of aromatic hydroxyl groups is 1. The Morgan fingerprint density at radius 1 is 1.38 bits per heavy atom. The normalized spacial score (nSPS) is 10.3. The minimum absolute atomic E-state index is 0.162. The van der Waals surface area contributed by atoms with E-state index in [9.17, 15) is 9.90 Å². The first-order valence-electron chi connectivity index (χ1n) is 5.04. The van der Waals surface area contributed by atoms with E-state index in [1.165, 1.54) is 7.11 Å². The number of benzene rings is 1. The molecule has 0 radical (unpaired) electrons. The summed E-state index contributed by atoms with van der Waals surface area (Å²) < 4.78 is 4.63. The Balaban J connectivity index is 3.62. The van der Waals surface area contributed by atoms with Crippen LogP contribution in [0.1, 0.15) is 34.0 Å². The van der Waals surface area contributed by atoms with Crippen molar-refractivity contribution in [2.45, 2.75) is 27.2 Å². The summed E-state index contributed by atoms with van der Waals surface area (Å²) in [5, 5.41) is 10.1. The van der Waals surface area contributed by atoms with E-state index in [0.29, 0.717) is 0 Å². The number of esters is 1. The maximum atomic E-state index is 11.5. The van der Waals surface area contributed by atoms with Gasteiger partial charge in [-0.15, -0.1) is 0 Å². The van der Waals surface area contributed by atoms with Gasteiger partial charge in [0.25, 0.3) is 0 Å². The molecule has 0 heterocycles. The molecule has 0 aliphatic heterocycles. The number of phenols is 1. The Morgan fingerprint density at radius 2 is 1.94 bits per heavy atom. The summed E-state index contributed by atoms with van der Waals surface area (Å²) in [5.41, 5.74) is 2.68. The molecule has 0 unspecified atom stereocenters. The van der Waals surface area contributed by atoms with Crippen LogP contribution in [0.15, 0.2) is 0 Å². The molecule has 0 amide bonds. The number of hydrogen-bond acceptors (Lipinski definition) is 3. The van der Waals surface area contributed by atoms with E-state index in [2.05, 4.69) is 4.74 Å². The van der Waals surface area contributed by atoms with Crippen LogP contribution >= 0.6 is 11.6 Å². The Morgan fingerprint density at radius 3 is 2.38 bits per heavy atom. The van der Waals surface area contributed by atoms with Crippen molar-refractivity contribution < 1.29 is 14.6 Å². The lowest BCUT2D eigenvalue weighted by molar-refractivity contribution is 0.0596. The summed E-state index contributed by atoms with van der Waals surface area (Å²) >= 11 is 5.98. The van der Waals surface area contributed by atoms with Gasteiger partial charge in [0, 0.05) is 0 Å². The molecule has 1 rings (SSSR count). The van der Waals surface area contributed by atoms with Crippen LogP contribution in [-0.2, 0) is 11.2 Å². The molecule has 4 heteroatoms. The van der Waals surface area contributed by atoms with E-state index in [4.69, 9.17) is 11.6 Å². The monoisotopic (exact) mass is 242 g/mol. The highest BCUT2D eigenvalue weighted by atomic mass is 35.5. The summed E-state index contributed by atoms with van der Waals surface area (Å²) in [6.07, 6.45) is 0.752. The molecule has 1 N–H and O–H groups in total. The molecule has 0 aliphatic carbocycles. The summed E-state index contributed by atoms with van der Waals surface area (Å²) in [6, 6.07) is 0. The Hall–Kier alpha value is -1.22. The molecule has 0 fully saturated rings. The number of halogens is 1. The van der Waals surface area contributed by atoms with Gasteiger partial charge in [-0.2, -0.15) is 0 Å². The second-order valence-electron chi connectivity index (χ2n) is 3.61. The molecular weight excluding hydrogens is 228 g/mol. The number of carbonyl (C=O) groups excluding carboxylic acids is 1. The van der Waals surface area contributed by atoms with Gasteiger partial charge in [-0.1, -0.05) is 18.5 Å². The quantitative estimate of drug-likeness (QED) is 0.811. The molecule has 0 spiro atoms. The number of rotatable bonds is 2. The number of ether oxygens (including phenoxy) is 1. The van der Waals surface area contributed by atoms with Gasteiger partial charge < -0.3 is 9.84 Å². The van der Waals surface area contributed by atoms with E-state index >= 15 is 0 Å². The van der Waals surface area contributed by atoms with Gasteiger partial charge in [0.05, 0.1) is 12.1 Å². The number of carbonyl (C=O) groups is 1. The zero-order chi connectivity index (χ0) is 12.5. The third-order valence-electron chi connectivity index (χ3n) is 2.80. The van der Waals surface area contributed by atoms with Gasteiger partial charge in [0.1, 0.15) is 11.3 Å². The molecule has 0 saturated heterocycles. The van der Waals surface area contributed by atoms with Gasteiger partial charge in [-0.25, -0.2) is 4.79 Å². The molecule has 0 bridgehead atoms. The van der Waals surface area contributed by atoms with Crippen LogP contribution in [0.25, 0.3) is 0 Å². The molecular formula is C12H15ClO3. The van der Waals surface area contributed by atoms with Crippen molar-refractivity contribution in [3.63, 3.8) is 0 Å². The predicted molar refractivity (Wildman–Crippen MR) is 63.3 cm³/mol. The van der Waals surface area contributed by atoms with Gasteiger partial charge in [-0.05, 0) is 37.0 Å². The molecule has 16 heavy (non-hydrogen) atoms. The fraction of sp³-hybridized carbons (Fsp3) is 0.417. The van der Waals surface area contributed by atoms with Crippen LogP contribution in [0.4, 0.5) is 0 Å². The van der Waals surface area contributed by atoms with Gasteiger partial charge >= 0.3 is 5.97 Å². The minimum atomic E-state index is -0.563. The SMILES string of the molecule is CCc1c(C)c(Cl)c(O)c(C(=O)OC)c1C. The van der Waals surface area contributed by atoms with E-state index in [0.717, 1.165) is 23.1 Å². The molecule has 0 atom stereocenters. The smallest absolute Gasteiger partial charge is 0.341 e. The maximum Gasteiger partial charge on any atom is 0.341 e. The van der Waals surface area contributed by atoms with Crippen LogP contribution < -0.4 is 0 Å². The van der Waals surface area contributed by atoms with Crippen LogP contribution in [0, 0.1) is 13.8 Å². The van der Waals surface area contributed by atoms with Crippen molar-refractivity contribution in [1.82, 2.24) is 0 Å². The zero-order valence-corrected chi connectivity index (χ0v) is 10.6. The zero-order valence-electron chi connectivity index (χ0n) is 9.85. The summed E-state index contributed by atoms with van der Waals surface area (Å²) in [6.45, 7) is 5.59. The van der Waals surface area contributed by atoms with Crippen molar-refractivity contribution in [3.05, 3.63) is 27.3 Å². The highest BCUT2D eigenvalue weighted by Gasteiger charge is 2.22. The number of methoxy groups -OCH3 is 1. The summed E-state index contributed by atoms with van der Waals surface area (Å²) in [4.78, 5) is 11.5. The molecule has 88 valence electrons. The van der Waals surface area contributed by atoms with E-state index in [-0.39, 0.29) is 16.3 Å².